The second kappa shape index (κ2) is 9.66. The van der Waals surface area contributed by atoms with E-state index in [0.717, 1.165) is 24.5 Å². The molecule has 0 aliphatic rings. The number of hydrogen-bond acceptors (Lipinski definition) is 3. The lowest BCUT2D eigenvalue weighted by Gasteiger charge is -2.24. The zero-order valence-corrected chi connectivity index (χ0v) is 14.3. The molecule has 0 heterocycles. The molecule has 1 N–H and O–H groups in total. The monoisotopic (exact) mass is 317 g/mol. The van der Waals surface area contributed by atoms with Crippen molar-refractivity contribution in [1.29, 1.82) is 0 Å². The average Bonchev–Trinajstić information content (AvgIpc) is 2.55. The Balaban J connectivity index is 2.75. The van der Waals surface area contributed by atoms with Gasteiger partial charge in [-0.2, -0.15) is 0 Å². The SMILES string of the molecule is C=CCNC(=O)CCN(C(C)=O)c1ccc(N(CC)CC)cc1. The van der Waals surface area contributed by atoms with E-state index in [0.29, 0.717) is 13.1 Å². The van der Waals surface area contributed by atoms with Gasteiger partial charge < -0.3 is 15.1 Å². The summed E-state index contributed by atoms with van der Waals surface area (Å²) in [6, 6.07) is 7.87. The van der Waals surface area contributed by atoms with Gasteiger partial charge in [-0.1, -0.05) is 6.08 Å². The number of hydrogen-bond donors (Lipinski definition) is 1. The highest BCUT2D eigenvalue weighted by Gasteiger charge is 2.13. The normalized spacial score (nSPS) is 10.0. The van der Waals surface area contributed by atoms with Crippen LogP contribution in [0.4, 0.5) is 11.4 Å². The van der Waals surface area contributed by atoms with Crippen LogP contribution in [-0.4, -0.2) is 38.0 Å². The highest BCUT2D eigenvalue weighted by Crippen LogP contribution is 2.21. The van der Waals surface area contributed by atoms with Crippen molar-refractivity contribution in [3.05, 3.63) is 36.9 Å². The van der Waals surface area contributed by atoms with E-state index in [1.807, 2.05) is 24.3 Å². The number of nitrogens with zero attached hydrogens (tertiary/aromatic N) is 2. The summed E-state index contributed by atoms with van der Waals surface area (Å²) >= 11 is 0. The molecule has 0 spiro atoms. The van der Waals surface area contributed by atoms with Crippen molar-refractivity contribution in [2.24, 2.45) is 0 Å². The van der Waals surface area contributed by atoms with Crippen molar-refractivity contribution in [1.82, 2.24) is 5.32 Å². The van der Waals surface area contributed by atoms with Crippen molar-refractivity contribution in [3.63, 3.8) is 0 Å². The summed E-state index contributed by atoms with van der Waals surface area (Å²) in [6.45, 7) is 12.0. The molecular weight excluding hydrogens is 290 g/mol. The summed E-state index contributed by atoms with van der Waals surface area (Å²) in [5.41, 5.74) is 1.94. The quantitative estimate of drug-likeness (QED) is 0.712. The van der Waals surface area contributed by atoms with Gasteiger partial charge in [-0.3, -0.25) is 9.59 Å². The number of carbonyl (C=O) groups is 2. The van der Waals surface area contributed by atoms with Crippen molar-refractivity contribution in [3.8, 4) is 0 Å². The largest absolute Gasteiger partial charge is 0.372 e. The van der Waals surface area contributed by atoms with Gasteiger partial charge in [0.05, 0.1) is 0 Å². The molecule has 0 aliphatic carbocycles. The number of anilines is 2. The minimum atomic E-state index is -0.0871. The fourth-order valence-corrected chi connectivity index (χ4v) is 2.39. The van der Waals surface area contributed by atoms with Gasteiger partial charge in [-0.15, -0.1) is 6.58 Å². The summed E-state index contributed by atoms with van der Waals surface area (Å²) in [5.74, 6) is -0.159. The predicted octanol–water partition coefficient (Wildman–Crippen LogP) is 2.58. The van der Waals surface area contributed by atoms with Crippen LogP contribution in [0.2, 0.25) is 0 Å². The van der Waals surface area contributed by atoms with E-state index in [9.17, 15) is 9.59 Å². The Morgan fingerprint density at radius 1 is 1.13 bits per heavy atom. The molecule has 126 valence electrons. The molecule has 5 nitrogen and oxygen atoms in total. The zero-order chi connectivity index (χ0) is 17.2. The Hall–Kier alpha value is -2.30. The highest BCUT2D eigenvalue weighted by atomic mass is 16.2. The molecule has 0 fully saturated rings. The first-order chi connectivity index (χ1) is 11.0. The third-order valence-corrected chi connectivity index (χ3v) is 3.68. The highest BCUT2D eigenvalue weighted by molar-refractivity contribution is 5.92. The van der Waals surface area contributed by atoms with E-state index in [1.165, 1.54) is 6.92 Å². The second-order valence-corrected chi connectivity index (χ2v) is 5.20. The number of carbonyl (C=O) groups excluding carboxylic acids is 2. The van der Waals surface area contributed by atoms with Crippen LogP contribution in [0.15, 0.2) is 36.9 Å². The van der Waals surface area contributed by atoms with Gasteiger partial charge in [0.25, 0.3) is 0 Å². The lowest BCUT2D eigenvalue weighted by Crippen LogP contribution is -2.34. The van der Waals surface area contributed by atoms with Crippen LogP contribution in [0.1, 0.15) is 27.2 Å². The summed E-state index contributed by atoms with van der Waals surface area (Å²) in [4.78, 5) is 27.4. The van der Waals surface area contributed by atoms with E-state index < -0.39 is 0 Å². The zero-order valence-electron chi connectivity index (χ0n) is 14.3. The number of amides is 2. The van der Waals surface area contributed by atoms with Gasteiger partial charge in [-0.05, 0) is 38.1 Å². The maximum Gasteiger partial charge on any atom is 0.223 e. The Kier molecular flexibility index (Phi) is 7.88. The first kappa shape index (κ1) is 18.7. The fraction of sp³-hybridized carbons (Fsp3) is 0.444. The Bertz CT molecular complexity index is 522. The average molecular weight is 317 g/mol. The van der Waals surface area contributed by atoms with Crippen molar-refractivity contribution in [2.75, 3.05) is 36.0 Å². The number of rotatable bonds is 9. The van der Waals surface area contributed by atoms with Crippen molar-refractivity contribution >= 4 is 23.2 Å². The summed E-state index contributed by atoms with van der Waals surface area (Å²) < 4.78 is 0. The molecule has 0 saturated carbocycles. The van der Waals surface area contributed by atoms with Crippen LogP contribution in [0, 0.1) is 0 Å². The summed E-state index contributed by atoms with van der Waals surface area (Å²) in [7, 11) is 0. The van der Waals surface area contributed by atoms with Crippen LogP contribution in [0.5, 0.6) is 0 Å². The number of benzene rings is 1. The second-order valence-electron chi connectivity index (χ2n) is 5.20. The van der Waals surface area contributed by atoms with Gasteiger partial charge in [0.1, 0.15) is 0 Å². The standard InChI is InChI=1S/C18H27N3O2/c1-5-13-19-18(23)12-14-21(15(4)22)17-10-8-16(9-11-17)20(6-2)7-3/h5,8-11H,1,6-7,12-14H2,2-4H3,(H,19,23). The molecular formula is C18H27N3O2. The van der Waals surface area contributed by atoms with E-state index in [-0.39, 0.29) is 18.2 Å². The van der Waals surface area contributed by atoms with Crippen molar-refractivity contribution < 1.29 is 9.59 Å². The predicted molar refractivity (Wildman–Crippen MR) is 95.9 cm³/mol. The summed E-state index contributed by atoms with van der Waals surface area (Å²) in [5, 5.41) is 2.72. The molecule has 0 atom stereocenters. The lowest BCUT2D eigenvalue weighted by atomic mass is 10.2. The Labute approximate surface area is 139 Å². The van der Waals surface area contributed by atoms with E-state index in [2.05, 4.69) is 30.6 Å². The third-order valence-electron chi connectivity index (χ3n) is 3.68. The first-order valence-electron chi connectivity index (χ1n) is 8.04. The van der Waals surface area contributed by atoms with E-state index in [4.69, 9.17) is 0 Å². The molecule has 0 aliphatic heterocycles. The number of nitrogens with one attached hydrogen (secondary N) is 1. The minimum absolute atomic E-state index is 0.0721. The molecule has 0 bridgehead atoms. The molecule has 1 aromatic rings. The molecule has 1 aromatic carbocycles. The topological polar surface area (TPSA) is 52.7 Å². The summed E-state index contributed by atoms with van der Waals surface area (Å²) in [6.07, 6.45) is 1.90. The molecule has 0 aromatic heterocycles. The van der Waals surface area contributed by atoms with E-state index >= 15 is 0 Å². The van der Waals surface area contributed by atoms with Gasteiger partial charge in [0.2, 0.25) is 11.8 Å². The van der Waals surface area contributed by atoms with Crippen molar-refractivity contribution in [2.45, 2.75) is 27.2 Å². The minimum Gasteiger partial charge on any atom is -0.372 e. The molecule has 5 heteroatoms. The fourth-order valence-electron chi connectivity index (χ4n) is 2.39. The Morgan fingerprint density at radius 2 is 1.70 bits per heavy atom. The molecule has 0 radical (unpaired) electrons. The van der Waals surface area contributed by atoms with Gasteiger partial charge in [0, 0.05) is 50.9 Å². The third kappa shape index (κ3) is 5.77. The molecule has 2 amide bonds. The molecule has 0 unspecified atom stereocenters. The van der Waals surface area contributed by atoms with Gasteiger partial charge in [-0.25, -0.2) is 0 Å². The molecule has 1 rings (SSSR count). The van der Waals surface area contributed by atoms with E-state index in [1.54, 1.807) is 11.0 Å². The molecule has 0 saturated heterocycles. The van der Waals surface area contributed by atoms with Crippen LogP contribution in [0.3, 0.4) is 0 Å². The maximum absolute atomic E-state index is 11.9. The van der Waals surface area contributed by atoms with Crippen LogP contribution in [0.25, 0.3) is 0 Å². The van der Waals surface area contributed by atoms with Crippen LogP contribution >= 0.6 is 0 Å². The smallest absolute Gasteiger partial charge is 0.223 e. The molecule has 23 heavy (non-hydrogen) atoms. The van der Waals surface area contributed by atoms with Gasteiger partial charge >= 0.3 is 0 Å². The lowest BCUT2D eigenvalue weighted by molar-refractivity contribution is -0.120. The first-order valence-corrected chi connectivity index (χ1v) is 8.04. The van der Waals surface area contributed by atoms with Crippen LogP contribution in [-0.2, 0) is 9.59 Å². The van der Waals surface area contributed by atoms with Crippen LogP contribution < -0.4 is 15.1 Å². The maximum atomic E-state index is 11.9. The Morgan fingerprint density at radius 3 is 2.17 bits per heavy atom. The van der Waals surface area contributed by atoms with Gasteiger partial charge in [0.15, 0.2) is 0 Å².